The number of amides is 1. The second-order valence-corrected chi connectivity index (χ2v) is 7.47. The maximum atomic E-state index is 13.1. The Morgan fingerprint density at radius 3 is 2.04 bits per heavy atom. The van der Waals surface area contributed by atoms with Crippen LogP contribution in [0.1, 0.15) is 28.3 Å². The first-order valence-corrected chi connectivity index (χ1v) is 9.50. The fraction of sp³-hybridized carbons (Fsp3) is 0.125. The Bertz CT molecular complexity index is 1070. The third-order valence-corrected chi connectivity index (χ3v) is 5.43. The second kappa shape index (κ2) is 7.17. The Morgan fingerprint density at radius 2 is 1.43 bits per heavy atom. The molecule has 1 heterocycles. The van der Waals surface area contributed by atoms with Gasteiger partial charge in [-0.2, -0.15) is 0 Å². The van der Waals surface area contributed by atoms with Gasteiger partial charge in [0, 0.05) is 16.3 Å². The SMILES string of the molecule is Cc1ccc(C2=C(O)C(=O)N(c3ccc(C)cc3)[C@H]2c2ccccc2Cl)cc1. The summed E-state index contributed by atoms with van der Waals surface area (Å²) >= 11 is 6.51. The van der Waals surface area contributed by atoms with Crippen LogP contribution < -0.4 is 4.90 Å². The summed E-state index contributed by atoms with van der Waals surface area (Å²) in [5, 5.41) is 11.4. The quantitative estimate of drug-likeness (QED) is 0.595. The maximum Gasteiger partial charge on any atom is 0.294 e. The Balaban J connectivity index is 1.93. The van der Waals surface area contributed by atoms with Crippen LogP contribution in [0.4, 0.5) is 5.69 Å². The molecular formula is C24H20ClNO2. The van der Waals surface area contributed by atoms with Crippen molar-refractivity contribution in [3.05, 3.63) is 106 Å². The molecule has 0 saturated carbocycles. The van der Waals surface area contributed by atoms with Crippen molar-refractivity contribution in [1.82, 2.24) is 0 Å². The molecule has 4 heteroatoms. The molecule has 4 rings (SSSR count). The van der Waals surface area contributed by atoms with Crippen molar-refractivity contribution in [2.24, 2.45) is 0 Å². The van der Waals surface area contributed by atoms with Crippen molar-refractivity contribution in [2.45, 2.75) is 19.9 Å². The molecule has 3 nitrogen and oxygen atoms in total. The summed E-state index contributed by atoms with van der Waals surface area (Å²) in [5.74, 6) is -0.668. The maximum absolute atomic E-state index is 13.1. The smallest absolute Gasteiger partial charge is 0.294 e. The van der Waals surface area contributed by atoms with Crippen LogP contribution in [-0.2, 0) is 4.79 Å². The van der Waals surface area contributed by atoms with E-state index in [1.54, 1.807) is 11.0 Å². The molecule has 1 aliphatic heterocycles. The zero-order valence-electron chi connectivity index (χ0n) is 15.7. The number of carbonyl (C=O) groups is 1. The van der Waals surface area contributed by atoms with Crippen LogP contribution in [0.2, 0.25) is 5.02 Å². The molecule has 28 heavy (non-hydrogen) atoms. The predicted molar refractivity (Wildman–Crippen MR) is 114 cm³/mol. The fourth-order valence-corrected chi connectivity index (χ4v) is 3.84. The van der Waals surface area contributed by atoms with Crippen LogP contribution in [0.5, 0.6) is 0 Å². The Kier molecular flexibility index (Phi) is 4.70. The number of hydrogen-bond donors (Lipinski definition) is 1. The molecule has 0 aliphatic carbocycles. The number of aryl methyl sites for hydroxylation is 2. The molecule has 0 aromatic heterocycles. The highest BCUT2D eigenvalue weighted by Gasteiger charge is 2.42. The molecule has 1 atom stereocenters. The summed E-state index contributed by atoms with van der Waals surface area (Å²) < 4.78 is 0. The molecular weight excluding hydrogens is 370 g/mol. The summed E-state index contributed by atoms with van der Waals surface area (Å²) in [6, 6.07) is 22.4. The van der Waals surface area contributed by atoms with E-state index in [-0.39, 0.29) is 5.76 Å². The minimum Gasteiger partial charge on any atom is -0.503 e. The highest BCUT2D eigenvalue weighted by molar-refractivity contribution is 6.32. The van der Waals surface area contributed by atoms with E-state index in [2.05, 4.69) is 0 Å². The van der Waals surface area contributed by atoms with Gasteiger partial charge in [0.2, 0.25) is 0 Å². The van der Waals surface area contributed by atoms with Gasteiger partial charge in [-0.15, -0.1) is 0 Å². The molecule has 0 unspecified atom stereocenters. The minimum absolute atomic E-state index is 0.241. The van der Waals surface area contributed by atoms with Crippen molar-refractivity contribution in [3.8, 4) is 0 Å². The number of carbonyl (C=O) groups excluding carboxylic acids is 1. The van der Waals surface area contributed by atoms with E-state index in [1.807, 2.05) is 80.6 Å². The van der Waals surface area contributed by atoms with Gasteiger partial charge in [-0.05, 0) is 43.2 Å². The first-order valence-electron chi connectivity index (χ1n) is 9.12. The molecule has 0 saturated heterocycles. The van der Waals surface area contributed by atoms with E-state index in [0.717, 1.165) is 22.3 Å². The summed E-state index contributed by atoms with van der Waals surface area (Å²) in [6.45, 7) is 4.00. The number of benzene rings is 3. The lowest BCUT2D eigenvalue weighted by Crippen LogP contribution is -2.30. The van der Waals surface area contributed by atoms with Crippen LogP contribution >= 0.6 is 11.6 Å². The molecule has 1 amide bonds. The van der Waals surface area contributed by atoms with Gasteiger partial charge in [0.1, 0.15) is 0 Å². The van der Waals surface area contributed by atoms with Gasteiger partial charge >= 0.3 is 0 Å². The normalized spacial score (nSPS) is 16.8. The average molecular weight is 390 g/mol. The highest BCUT2D eigenvalue weighted by Crippen LogP contribution is 2.46. The lowest BCUT2D eigenvalue weighted by atomic mass is 9.92. The monoisotopic (exact) mass is 389 g/mol. The predicted octanol–water partition coefficient (Wildman–Crippen LogP) is 6.01. The highest BCUT2D eigenvalue weighted by atomic mass is 35.5. The van der Waals surface area contributed by atoms with Crippen LogP contribution in [0.25, 0.3) is 5.57 Å². The van der Waals surface area contributed by atoms with E-state index in [0.29, 0.717) is 16.3 Å². The van der Waals surface area contributed by atoms with Gasteiger partial charge in [-0.3, -0.25) is 9.69 Å². The summed E-state index contributed by atoms with van der Waals surface area (Å²) in [6.07, 6.45) is 0. The molecule has 140 valence electrons. The average Bonchev–Trinajstić information content (AvgIpc) is 2.95. The zero-order valence-corrected chi connectivity index (χ0v) is 16.4. The van der Waals surface area contributed by atoms with Crippen LogP contribution in [0.15, 0.2) is 78.6 Å². The number of hydrogen-bond acceptors (Lipinski definition) is 2. The number of halogens is 1. The van der Waals surface area contributed by atoms with Crippen molar-refractivity contribution in [1.29, 1.82) is 0 Å². The lowest BCUT2D eigenvalue weighted by Gasteiger charge is -2.28. The third kappa shape index (κ3) is 3.08. The number of nitrogens with zero attached hydrogens (tertiary/aromatic N) is 1. The zero-order chi connectivity index (χ0) is 19.8. The molecule has 3 aromatic carbocycles. The minimum atomic E-state index is -0.508. The van der Waals surface area contributed by atoms with Gasteiger partial charge in [-0.25, -0.2) is 0 Å². The molecule has 1 aliphatic rings. The van der Waals surface area contributed by atoms with E-state index in [1.165, 1.54) is 0 Å². The van der Waals surface area contributed by atoms with E-state index >= 15 is 0 Å². The Hall–Kier alpha value is -3.04. The Morgan fingerprint density at radius 1 is 0.857 bits per heavy atom. The van der Waals surface area contributed by atoms with E-state index < -0.39 is 11.9 Å². The molecule has 0 spiro atoms. The number of anilines is 1. The Labute approximate surface area is 169 Å². The topological polar surface area (TPSA) is 40.5 Å². The van der Waals surface area contributed by atoms with Gasteiger partial charge < -0.3 is 5.11 Å². The standard InChI is InChI=1S/C24H20ClNO2/c1-15-7-11-17(12-8-15)21-22(19-5-3-4-6-20(19)25)26(24(28)23(21)27)18-13-9-16(2)10-14-18/h3-14,22,27H,1-2H3/t22-/m0/s1. The van der Waals surface area contributed by atoms with Crippen LogP contribution in [-0.4, -0.2) is 11.0 Å². The summed E-state index contributed by atoms with van der Waals surface area (Å²) in [7, 11) is 0. The second-order valence-electron chi connectivity index (χ2n) is 7.06. The fourth-order valence-electron chi connectivity index (χ4n) is 3.60. The lowest BCUT2D eigenvalue weighted by molar-refractivity contribution is -0.117. The molecule has 0 radical (unpaired) electrons. The molecule has 0 bridgehead atoms. The van der Waals surface area contributed by atoms with Gasteiger partial charge in [0.25, 0.3) is 5.91 Å². The molecule has 3 aromatic rings. The van der Waals surface area contributed by atoms with Crippen LogP contribution in [0.3, 0.4) is 0 Å². The number of aliphatic hydroxyl groups is 1. The largest absolute Gasteiger partial charge is 0.503 e. The van der Waals surface area contributed by atoms with E-state index in [4.69, 9.17) is 11.6 Å². The van der Waals surface area contributed by atoms with Crippen molar-refractivity contribution in [2.75, 3.05) is 4.90 Å². The number of aliphatic hydroxyl groups excluding tert-OH is 1. The van der Waals surface area contributed by atoms with Gasteiger partial charge in [0.05, 0.1) is 6.04 Å². The molecule has 1 N–H and O–H groups in total. The van der Waals surface area contributed by atoms with Crippen molar-refractivity contribution in [3.63, 3.8) is 0 Å². The number of rotatable bonds is 3. The van der Waals surface area contributed by atoms with Crippen LogP contribution in [0, 0.1) is 13.8 Å². The van der Waals surface area contributed by atoms with Gasteiger partial charge in [0.15, 0.2) is 5.76 Å². The first kappa shape index (κ1) is 18.3. The summed E-state index contributed by atoms with van der Waals surface area (Å²) in [5.41, 5.74) is 5.07. The third-order valence-electron chi connectivity index (χ3n) is 5.08. The van der Waals surface area contributed by atoms with E-state index in [9.17, 15) is 9.90 Å². The summed E-state index contributed by atoms with van der Waals surface area (Å²) in [4.78, 5) is 14.7. The first-order chi connectivity index (χ1) is 13.5. The van der Waals surface area contributed by atoms with Crippen molar-refractivity contribution >= 4 is 28.8 Å². The molecule has 0 fully saturated rings. The van der Waals surface area contributed by atoms with Gasteiger partial charge in [-0.1, -0.05) is 77.3 Å². The van der Waals surface area contributed by atoms with Crippen molar-refractivity contribution < 1.29 is 9.90 Å².